The van der Waals surface area contributed by atoms with Crippen molar-refractivity contribution < 1.29 is 23.8 Å². The summed E-state index contributed by atoms with van der Waals surface area (Å²) in [7, 11) is 0. The largest absolute Gasteiger partial charge is 0.472 e. The van der Waals surface area contributed by atoms with Crippen molar-refractivity contribution >= 4 is 23.5 Å². The van der Waals surface area contributed by atoms with Crippen LogP contribution in [0.5, 0.6) is 5.75 Å². The van der Waals surface area contributed by atoms with Crippen LogP contribution in [-0.2, 0) is 15.1 Å². The number of nitrogens with zero attached hydrogens (tertiary/aromatic N) is 3. The number of hydrogen-bond donors (Lipinski definition) is 1. The molecule has 164 valence electrons. The van der Waals surface area contributed by atoms with E-state index in [-0.39, 0.29) is 17.3 Å². The van der Waals surface area contributed by atoms with E-state index in [1.54, 1.807) is 41.3 Å². The lowest BCUT2D eigenvalue weighted by atomic mass is 9.85. The van der Waals surface area contributed by atoms with E-state index in [1.165, 1.54) is 6.92 Å². The zero-order chi connectivity index (χ0) is 22.9. The predicted octanol–water partition coefficient (Wildman–Crippen LogP) is 4.40. The van der Waals surface area contributed by atoms with E-state index in [9.17, 15) is 9.59 Å². The molecule has 0 aliphatic rings. The van der Waals surface area contributed by atoms with Crippen LogP contribution in [-0.4, -0.2) is 26.5 Å². The summed E-state index contributed by atoms with van der Waals surface area (Å²) in [5, 5.41) is 7.16. The molecule has 9 nitrogen and oxygen atoms in total. The maximum atomic E-state index is 12.9. The van der Waals surface area contributed by atoms with Crippen molar-refractivity contribution in [2.24, 2.45) is 0 Å². The third-order valence-corrected chi connectivity index (χ3v) is 4.70. The first-order valence-electron chi connectivity index (χ1n) is 9.92. The number of pyridine rings is 1. The molecule has 0 bridgehead atoms. The fourth-order valence-corrected chi connectivity index (χ4v) is 3.19. The summed E-state index contributed by atoms with van der Waals surface area (Å²) >= 11 is 0. The minimum absolute atomic E-state index is 0.170. The van der Waals surface area contributed by atoms with Crippen molar-refractivity contribution in [1.29, 1.82) is 0 Å². The van der Waals surface area contributed by atoms with Gasteiger partial charge in [0.1, 0.15) is 0 Å². The van der Waals surface area contributed by atoms with Crippen LogP contribution in [0.15, 0.2) is 59.4 Å². The van der Waals surface area contributed by atoms with Gasteiger partial charge >= 0.3 is 5.97 Å². The van der Waals surface area contributed by atoms with Gasteiger partial charge in [0.2, 0.25) is 5.95 Å². The van der Waals surface area contributed by atoms with E-state index in [0.29, 0.717) is 22.5 Å². The number of nitrogens with one attached hydrogen (secondary N) is 1. The van der Waals surface area contributed by atoms with Crippen LogP contribution in [0.25, 0.3) is 16.9 Å². The second-order valence-corrected chi connectivity index (χ2v) is 8.20. The summed E-state index contributed by atoms with van der Waals surface area (Å²) in [5.74, 6) is -0.418. The number of carbonyl (C=O) groups is 2. The van der Waals surface area contributed by atoms with E-state index in [2.05, 4.69) is 20.3 Å². The Morgan fingerprint density at radius 1 is 1.12 bits per heavy atom. The predicted molar refractivity (Wildman–Crippen MR) is 116 cm³/mol. The van der Waals surface area contributed by atoms with Gasteiger partial charge in [-0.15, -0.1) is 5.10 Å². The lowest BCUT2D eigenvalue weighted by Gasteiger charge is -2.22. The number of carbonyl (C=O) groups excluding carboxylic acids is 2. The van der Waals surface area contributed by atoms with Gasteiger partial charge in [-0.1, -0.05) is 26.8 Å². The van der Waals surface area contributed by atoms with Crippen LogP contribution in [0.4, 0.5) is 5.95 Å². The molecule has 4 rings (SSSR count). The molecule has 3 heterocycles. The fourth-order valence-electron chi connectivity index (χ4n) is 3.19. The molecule has 4 aromatic rings. The van der Waals surface area contributed by atoms with E-state index in [0.717, 1.165) is 11.3 Å². The minimum Gasteiger partial charge on any atom is -0.472 e. The van der Waals surface area contributed by atoms with E-state index < -0.39 is 5.97 Å². The number of amides is 1. The molecule has 0 saturated carbocycles. The third-order valence-electron chi connectivity index (χ3n) is 4.70. The first-order valence-corrected chi connectivity index (χ1v) is 9.92. The average Bonchev–Trinajstić information content (AvgIpc) is 3.40. The summed E-state index contributed by atoms with van der Waals surface area (Å²) < 4.78 is 6.79. The molecule has 0 spiro atoms. The molecular formula is C23H22N4O5. The highest BCUT2D eigenvalue weighted by Crippen LogP contribution is 2.32. The molecule has 1 N–H and O–H groups in total. The lowest BCUT2D eigenvalue weighted by Crippen LogP contribution is -2.18. The first-order chi connectivity index (χ1) is 15.2. The van der Waals surface area contributed by atoms with Crippen LogP contribution in [0.3, 0.4) is 0 Å². The zero-order valence-corrected chi connectivity index (χ0v) is 18.1. The highest BCUT2D eigenvalue weighted by Gasteiger charge is 2.23. The molecule has 3 aromatic heterocycles. The molecule has 0 aliphatic heterocycles. The summed E-state index contributed by atoms with van der Waals surface area (Å²) in [6.45, 7) is 7.14. The Kier molecular flexibility index (Phi) is 5.40. The highest BCUT2D eigenvalue weighted by molar-refractivity contribution is 6.03. The number of rotatable bonds is 5. The van der Waals surface area contributed by atoms with Crippen LogP contribution in [0, 0.1) is 0 Å². The van der Waals surface area contributed by atoms with Gasteiger partial charge in [-0.3, -0.25) is 19.9 Å². The number of anilines is 1. The van der Waals surface area contributed by atoms with Gasteiger partial charge in [-0.05, 0) is 41.8 Å². The average molecular weight is 434 g/mol. The molecule has 1 amide bonds. The zero-order valence-electron chi connectivity index (χ0n) is 18.1. The molecular weight excluding hydrogens is 412 g/mol. The summed E-state index contributed by atoms with van der Waals surface area (Å²) in [4.78, 5) is 38.2. The Morgan fingerprint density at radius 2 is 1.94 bits per heavy atom. The van der Waals surface area contributed by atoms with Gasteiger partial charge in [0.05, 0.1) is 18.2 Å². The smallest absolute Gasteiger partial charge is 0.352 e. The Hall–Kier alpha value is -4.14. The van der Waals surface area contributed by atoms with Gasteiger partial charge in [-0.25, -0.2) is 9.31 Å². The van der Waals surface area contributed by atoms with Crippen LogP contribution < -0.4 is 10.2 Å². The van der Waals surface area contributed by atoms with Crippen molar-refractivity contribution in [1.82, 2.24) is 14.6 Å². The van der Waals surface area contributed by atoms with Crippen LogP contribution >= 0.6 is 0 Å². The number of aromatic nitrogens is 3. The summed E-state index contributed by atoms with van der Waals surface area (Å²) in [5.41, 5.74) is 2.94. The second-order valence-electron chi connectivity index (χ2n) is 8.20. The molecule has 0 fully saturated rings. The second kappa shape index (κ2) is 8.18. The molecule has 0 atom stereocenters. The minimum atomic E-state index is -0.570. The van der Waals surface area contributed by atoms with Crippen molar-refractivity contribution in [2.45, 2.75) is 33.1 Å². The van der Waals surface area contributed by atoms with Gasteiger partial charge in [-0.2, -0.15) is 4.98 Å². The molecule has 32 heavy (non-hydrogen) atoms. The number of fused-ring (bicyclic) bond motifs is 1. The fraction of sp³-hybridized carbons (Fsp3) is 0.217. The Morgan fingerprint density at radius 3 is 2.62 bits per heavy atom. The van der Waals surface area contributed by atoms with Crippen molar-refractivity contribution in [3.63, 3.8) is 0 Å². The van der Waals surface area contributed by atoms with E-state index >= 15 is 0 Å². The van der Waals surface area contributed by atoms with Gasteiger partial charge in [0.25, 0.3) is 5.91 Å². The lowest BCUT2D eigenvalue weighted by molar-refractivity contribution is -0.211. The molecule has 0 radical (unpaired) electrons. The third kappa shape index (κ3) is 4.31. The summed E-state index contributed by atoms with van der Waals surface area (Å²) in [6.07, 6.45) is 3.19. The molecule has 9 heteroatoms. The summed E-state index contributed by atoms with van der Waals surface area (Å²) in [6, 6.07) is 12.2. The standard InChI is InChI=1S/C23H22N4O5/c1-14(28)31-32-19-9-8-15(12-17(19)23(2,3)4)21(29)25-22-24-20-7-5-6-18(27(20)26-22)16-10-11-30-13-16/h5-13H,1-4H3,(H,25,26,29). The maximum absolute atomic E-state index is 12.9. The van der Waals surface area contributed by atoms with Gasteiger partial charge in [0, 0.05) is 23.6 Å². The highest BCUT2D eigenvalue weighted by atomic mass is 17.2. The quantitative estimate of drug-likeness (QED) is 0.366. The topological polar surface area (TPSA) is 108 Å². The van der Waals surface area contributed by atoms with Crippen molar-refractivity contribution in [3.8, 4) is 17.0 Å². The van der Waals surface area contributed by atoms with Crippen LogP contribution in [0.1, 0.15) is 43.6 Å². The Bertz CT molecular complexity index is 1290. The number of furan rings is 1. The molecule has 0 aliphatic carbocycles. The van der Waals surface area contributed by atoms with Crippen molar-refractivity contribution in [3.05, 3.63) is 66.1 Å². The van der Waals surface area contributed by atoms with Gasteiger partial charge < -0.3 is 4.42 Å². The number of benzene rings is 1. The maximum Gasteiger partial charge on any atom is 0.352 e. The Labute approximate surface area is 183 Å². The molecule has 0 unspecified atom stereocenters. The van der Waals surface area contributed by atoms with E-state index in [4.69, 9.17) is 9.30 Å². The monoisotopic (exact) mass is 434 g/mol. The van der Waals surface area contributed by atoms with Crippen LogP contribution in [0.2, 0.25) is 0 Å². The molecule has 0 saturated heterocycles. The number of hydrogen-bond acceptors (Lipinski definition) is 7. The SMILES string of the molecule is CC(=O)OOc1ccc(C(=O)Nc2nc3cccc(-c4ccoc4)n3n2)cc1C(C)(C)C. The normalized spacial score (nSPS) is 11.4. The Balaban J connectivity index is 1.62. The van der Waals surface area contributed by atoms with E-state index in [1.807, 2.05) is 39.0 Å². The first kappa shape index (κ1) is 21.1. The molecule has 1 aromatic carbocycles. The van der Waals surface area contributed by atoms with Crippen molar-refractivity contribution in [2.75, 3.05) is 5.32 Å². The van der Waals surface area contributed by atoms with Gasteiger partial charge in [0.15, 0.2) is 11.4 Å².